The topological polar surface area (TPSA) is 62.7 Å². The van der Waals surface area contributed by atoms with E-state index in [0.717, 1.165) is 31.4 Å². The van der Waals surface area contributed by atoms with Crippen LogP contribution < -0.4 is 9.64 Å². The number of aromatic nitrogens is 1. The van der Waals surface area contributed by atoms with Crippen LogP contribution in [0.25, 0.3) is 0 Å². The molecule has 1 heterocycles. The smallest absolute Gasteiger partial charge is 0.412 e. The van der Waals surface area contributed by atoms with Gasteiger partial charge in [0.05, 0.1) is 23.9 Å². The summed E-state index contributed by atoms with van der Waals surface area (Å²) in [6.45, 7) is 0.552. The normalized spacial score (nSPS) is 16.5. The minimum Gasteiger partial charge on any atom is -0.494 e. The summed E-state index contributed by atoms with van der Waals surface area (Å²) in [5, 5.41) is 9.74. The van der Waals surface area contributed by atoms with Crippen molar-refractivity contribution in [3.8, 4) is 5.75 Å². The molecule has 1 aromatic heterocycles. The van der Waals surface area contributed by atoms with E-state index in [4.69, 9.17) is 16.3 Å². The first-order valence-corrected chi connectivity index (χ1v) is 9.35. The van der Waals surface area contributed by atoms with Crippen LogP contribution in [0.1, 0.15) is 35.9 Å². The summed E-state index contributed by atoms with van der Waals surface area (Å²) < 4.78 is 5.57. The molecule has 128 valence electrons. The molecule has 7 heteroatoms. The number of halogens is 1. The molecule has 1 aliphatic carbocycles. The van der Waals surface area contributed by atoms with Crippen molar-refractivity contribution in [2.45, 2.75) is 31.7 Å². The second-order valence-electron chi connectivity index (χ2n) is 5.61. The number of thiazole rings is 1. The van der Waals surface area contributed by atoms with Gasteiger partial charge in [-0.25, -0.2) is 9.78 Å². The van der Waals surface area contributed by atoms with E-state index in [-0.39, 0.29) is 6.04 Å². The Morgan fingerprint density at radius 2 is 2.21 bits per heavy atom. The Morgan fingerprint density at radius 3 is 2.92 bits per heavy atom. The minimum absolute atomic E-state index is 0.222. The molecular formula is C17H19ClN2O3S. The number of carboxylic acid groups (broad SMARTS) is 1. The van der Waals surface area contributed by atoms with Gasteiger partial charge in [0.1, 0.15) is 5.75 Å². The number of amides is 1. The molecular weight excluding hydrogens is 348 g/mol. The van der Waals surface area contributed by atoms with Gasteiger partial charge in [0.25, 0.3) is 0 Å². The number of alkyl halides is 1. The molecule has 0 fully saturated rings. The fourth-order valence-electron chi connectivity index (χ4n) is 2.95. The average molecular weight is 367 g/mol. The van der Waals surface area contributed by atoms with Crippen LogP contribution in [0.2, 0.25) is 0 Å². The molecule has 1 aromatic carbocycles. The number of hydrogen-bond donors (Lipinski definition) is 1. The van der Waals surface area contributed by atoms with Crippen molar-refractivity contribution in [3.05, 3.63) is 40.3 Å². The van der Waals surface area contributed by atoms with E-state index in [1.54, 1.807) is 41.1 Å². The van der Waals surface area contributed by atoms with Gasteiger partial charge in [0.15, 0.2) is 0 Å². The summed E-state index contributed by atoms with van der Waals surface area (Å²) in [5.74, 6) is 1.27. The molecule has 1 unspecified atom stereocenters. The van der Waals surface area contributed by atoms with Gasteiger partial charge < -0.3 is 9.84 Å². The fourth-order valence-corrected chi connectivity index (χ4v) is 3.93. The first-order valence-electron chi connectivity index (χ1n) is 7.94. The van der Waals surface area contributed by atoms with E-state index in [1.165, 1.54) is 9.78 Å². The fraction of sp³-hybridized carbons (Fsp3) is 0.412. The van der Waals surface area contributed by atoms with Crippen molar-refractivity contribution in [2.75, 3.05) is 17.4 Å². The third-order valence-electron chi connectivity index (χ3n) is 4.05. The number of rotatable bonds is 6. The van der Waals surface area contributed by atoms with Crippen molar-refractivity contribution in [2.24, 2.45) is 0 Å². The molecule has 3 rings (SSSR count). The second-order valence-corrected chi connectivity index (χ2v) is 6.92. The molecule has 5 nitrogen and oxygen atoms in total. The van der Waals surface area contributed by atoms with Gasteiger partial charge in [-0.3, -0.25) is 4.90 Å². The first-order chi connectivity index (χ1) is 11.7. The average Bonchev–Trinajstić information content (AvgIpc) is 3.06. The lowest BCUT2D eigenvalue weighted by atomic mass is 9.96. The summed E-state index contributed by atoms with van der Waals surface area (Å²) in [4.78, 5) is 18.9. The van der Waals surface area contributed by atoms with Crippen LogP contribution in [0.5, 0.6) is 5.75 Å². The van der Waals surface area contributed by atoms with Crippen molar-refractivity contribution < 1.29 is 14.6 Å². The van der Waals surface area contributed by atoms with E-state index in [9.17, 15) is 9.90 Å². The van der Waals surface area contributed by atoms with Gasteiger partial charge in [-0.05, 0) is 49.9 Å². The van der Waals surface area contributed by atoms with Gasteiger partial charge in [0, 0.05) is 16.4 Å². The van der Waals surface area contributed by atoms with Crippen molar-refractivity contribution in [3.63, 3.8) is 0 Å². The second kappa shape index (κ2) is 7.85. The quantitative estimate of drug-likeness (QED) is 0.593. The summed E-state index contributed by atoms with van der Waals surface area (Å²) in [7, 11) is 0. The summed E-state index contributed by atoms with van der Waals surface area (Å²) in [6.07, 6.45) is 2.56. The number of aryl methyl sites for hydroxylation is 1. The van der Waals surface area contributed by atoms with E-state index >= 15 is 0 Å². The zero-order chi connectivity index (χ0) is 16.9. The molecule has 1 atom stereocenters. The summed E-state index contributed by atoms with van der Waals surface area (Å²) in [5.41, 5.74) is 3.34. The van der Waals surface area contributed by atoms with Crippen molar-refractivity contribution in [1.29, 1.82) is 0 Å². The highest BCUT2D eigenvalue weighted by atomic mass is 35.5. The van der Waals surface area contributed by atoms with Crippen LogP contribution in [0.3, 0.4) is 0 Å². The molecule has 1 N–H and O–H groups in total. The zero-order valence-corrected chi connectivity index (χ0v) is 14.7. The van der Waals surface area contributed by atoms with Crippen LogP contribution in [-0.4, -0.2) is 28.7 Å². The van der Waals surface area contributed by atoms with Gasteiger partial charge in [-0.2, -0.15) is 0 Å². The van der Waals surface area contributed by atoms with Gasteiger partial charge in [0.2, 0.25) is 0 Å². The maximum atomic E-state index is 11.9. The number of benzene rings is 1. The Labute approximate surface area is 149 Å². The molecule has 0 bridgehead atoms. The molecule has 0 spiro atoms. The van der Waals surface area contributed by atoms with Crippen LogP contribution in [0, 0.1) is 0 Å². The maximum Gasteiger partial charge on any atom is 0.412 e. The summed E-state index contributed by atoms with van der Waals surface area (Å²) >= 11 is 7.24. The van der Waals surface area contributed by atoms with E-state index in [2.05, 4.69) is 4.98 Å². The largest absolute Gasteiger partial charge is 0.494 e. The lowest BCUT2D eigenvalue weighted by Gasteiger charge is -2.31. The van der Waals surface area contributed by atoms with Gasteiger partial charge in [-0.15, -0.1) is 22.9 Å². The molecule has 2 aromatic rings. The number of carbonyl (C=O) groups is 1. The molecule has 1 amide bonds. The van der Waals surface area contributed by atoms with Gasteiger partial charge >= 0.3 is 6.09 Å². The molecule has 0 aliphatic heterocycles. The van der Waals surface area contributed by atoms with Gasteiger partial charge in [-0.1, -0.05) is 0 Å². The number of ether oxygens (including phenoxy) is 1. The van der Waals surface area contributed by atoms with Crippen LogP contribution in [0.4, 0.5) is 10.5 Å². The Morgan fingerprint density at radius 1 is 1.42 bits per heavy atom. The molecule has 1 aliphatic rings. The van der Waals surface area contributed by atoms with Crippen LogP contribution in [0.15, 0.2) is 29.8 Å². The van der Waals surface area contributed by atoms with Crippen LogP contribution in [-0.2, 0) is 6.42 Å². The lowest BCUT2D eigenvalue weighted by molar-refractivity contribution is 0.198. The highest BCUT2D eigenvalue weighted by Crippen LogP contribution is 2.38. The zero-order valence-electron chi connectivity index (χ0n) is 13.2. The predicted octanol–water partition coefficient (Wildman–Crippen LogP) is 4.71. The Bertz CT molecular complexity index is 689. The maximum absolute atomic E-state index is 11.9. The minimum atomic E-state index is -0.961. The Kier molecular flexibility index (Phi) is 5.58. The molecule has 0 radical (unpaired) electrons. The lowest BCUT2D eigenvalue weighted by Crippen LogP contribution is -2.35. The monoisotopic (exact) mass is 366 g/mol. The highest BCUT2D eigenvalue weighted by Gasteiger charge is 2.32. The van der Waals surface area contributed by atoms with Crippen molar-refractivity contribution >= 4 is 34.7 Å². The molecule has 0 saturated heterocycles. The predicted molar refractivity (Wildman–Crippen MR) is 95.6 cm³/mol. The van der Waals surface area contributed by atoms with E-state index in [1.807, 2.05) is 0 Å². The summed E-state index contributed by atoms with van der Waals surface area (Å²) in [6, 6.07) is 6.94. The number of hydrogen-bond acceptors (Lipinski definition) is 4. The third kappa shape index (κ3) is 3.65. The molecule has 24 heavy (non-hydrogen) atoms. The van der Waals surface area contributed by atoms with Crippen LogP contribution >= 0.6 is 22.9 Å². The first kappa shape index (κ1) is 17.0. The Balaban J connectivity index is 1.81. The number of nitrogens with zero attached hydrogens (tertiary/aromatic N) is 2. The van der Waals surface area contributed by atoms with E-state index in [0.29, 0.717) is 23.9 Å². The number of anilines is 1. The standard InChI is InChI=1S/C17H19ClN2O3S/c18-9-2-10-23-13-7-5-12(6-8-13)20(17(21)22)14-3-1-4-15-16(14)19-11-24-15/h5-8,11,14H,1-4,9-10H2,(H,21,22). The highest BCUT2D eigenvalue weighted by molar-refractivity contribution is 7.09. The van der Waals surface area contributed by atoms with E-state index < -0.39 is 6.09 Å². The SMILES string of the molecule is O=C(O)N(c1ccc(OCCCCl)cc1)C1CCCc2scnc21. The van der Waals surface area contributed by atoms with Crippen molar-refractivity contribution in [1.82, 2.24) is 4.98 Å². The number of fused-ring (bicyclic) bond motifs is 1. The Hall–Kier alpha value is -1.79. The molecule has 0 saturated carbocycles. The third-order valence-corrected chi connectivity index (χ3v) is 5.22.